The van der Waals surface area contributed by atoms with Gasteiger partial charge in [0.1, 0.15) is 43.2 Å². The van der Waals surface area contributed by atoms with Crippen LogP contribution in [0.3, 0.4) is 0 Å². The molecule has 9 aromatic rings. The van der Waals surface area contributed by atoms with Crippen molar-refractivity contribution in [1.29, 1.82) is 0 Å². The van der Waals surface area contributed by atoms with Crippen molar-refractivity contribution in [1.82, 2.24) is 24.3 Å². The van der Waals surface area contributed by atoms with Crippen LogP contribution in [-0.2, 0) is 14.3 Å². The Morgan fingerprint density at radius 2 is 1.06 bits per heavy atom. The number of hydrogen-bond acceptors (Lipinski definition) is 13. The molecule has 3 aromatic heterocycles. The van der Waals surface area contributed by atoms with Crippen molar-refractivity contribution in [3.8, 4) is 72.7 Å². The summed E-state index contributed by atoms with van der Waals surface area (Å²) >= 11 is 3.46. The Kier molecular flexibility index (Phi) is 18.3. The van der Waals surface area contributed by atoms with Crippen molar-refractivity contribution in [3.05, 3.63) is 246 Å². The van der Waals surface area contributed by atoms with Crippen molar-refractivity contribution in [2.75, 3.05) is 70.6 Å². The van der Waals surface area contributed by atoms with Gasteiger partial charge in [0.15, 0.2) is 6.61 Å². The normalized spacial score (nSPS) is 13.0. The highest BCUT2D eigenvalue weighted by Crippen LogP contribution is 2.45. The van der Waals surface area contributed by atoms with E-state index in [0.717, 1.165) is 157 Å². The Morgan fingerprint density at radius 3 is 1.59 bits per heavy atom. The molecule has 5 aliphatic rings. The summed E-state index contributed by atoms with van der Waals surface area (Å²) in [6, 6.07) is 68.6. The van der Waals surface area contributed by atoms with Crippen molar-refractivity contribution in [3.63, 3.8) is 0 Å². The molecule has 14 rings (SSSR count). The zero-order valence-electron chi connectivity index (χ0n) is 53.5. The smallest absolute Gasteiger partial charge is 0.349 e. The molecule has 4 aliphatic heterocycles. The molecule has 1 aliphatic carbocycles. The molecule has 7 heterocycles. The minimum Gasteiger partial charge on any atom is -0.482 e. The predicted molar refractivity (Wildman–Crippen MR) is 390 cm³/mol. The molecular formula is C81H71N6O6S2+. The van der Waals surface area contributed by atoms with Crippen molar-refractivity contribution in [2.24, 2.45) is 0 Å². The summed E-state index contributed by atoms with van der Waals surface area (Å²) in [6.07, 6.45) is 11.7. The highest BCUT2D eigenvalue weighted by molar-refractivity contribution is 7.24. The van der Waals surface area contributed by atoms with Crippen LogP contribution in [0, 0.1) is 0 Å². The van der Waals surface area contributed by atoms with E-state index in [1.807, 2.05) is 60.7 Å². The summed E-state index contributed by atoms with van der Waals surface area (Å²) in [5, 5.41) is 2.00. The number of thiophene rings is 2. The van der Waals surface area contributed by atoms with Gasteiger partial charge in [0.25, 0.3) is 0 Å². The molecule has 95 heavy (non-hydrogen) atoms. The maximum absolute atomic E-state index is 14.2. The van der Waals surface area contributed by atoms with E-state index >= 15 is 0 Å². The van der Waals surface area contributed by atoms with Crippen LogP contribution >= 0.6 is 22.7 Å². The van der Waals surface area contributed by atoms with Crippen LogP contribution in [0.2, 0.25) is 0 Å². The standard InChI is InChI=1S/C81H71N6O6S2/c1-5-86(6-2)58-30-34-63-69(50-58)93-70-51-59(87(7-3)8-4)31-35-64(70)80(63)61-26-18-19-27-62(61)81(89)92-53-85-46-44-84(45-47-85)48-49-90-75(88)52-91-60-32-28-57(29-33-60)79-68-39-38-67(83-68)78(56-24-16-11-17-25-56)72-41-40-71(94-72)76(54-20-12-9-13-21-54)65-36-37-66(82-65)77(55-22-14-10-15-23-55)73-42-43-74(79)95-73/h9-43,48-51H,5-8,44-47,52-53H2,1-4H3/q+1/b49-48+,76-65?,76-71?,77-66?,77-73?,78-67?,78-72?,79-68?,79-74?. The van der Waals surface area contributed by atoms with E-state index in [0.29, 0.717) is 37.5 Å². The lowest BCUT2D eigenvalue weighted by atomic mass is 9.90. The second-order valence-electron chi connectivity index (χ2n) is 23.4. The lowest BCUT2D eigenvalue weighted by Gasteiger charge is -2.33. The number of nitrogens with zero attached hydrogens (tertiary/aromatic N) is 6. The van der Waals surface area contributed by atoms with E-state index in [9.17, 15) is 9.59 Å². The fraction of sp³-hybridized carbons (Fsp3) is 0.173. The number of anilines is 1. The van der Waals surface area contributed by atoms with Gasteiger partial charge in [-0.1, -0.05) is 121 Å². The van der Waals surface area contributed by atoms with E-state index in [4.69, 9.17) is 28.6 Å². The number of esters is 2. The number of rotatable bonds is 18. The number of benzene rings is 7. The van der Waals surface area contributed by atoms with Gasteiger partial charge in [-0.2, -0.15) is 0 Å². The zero-order chi connectivity index (χ0) is 64.8. The van der Waals surface area contributed by atoms with Crippen molar-refractivity contribution in [2.45, 2.75) is 27.7 Å². The highest BCUT2D eigenvalue weighted by Gasteiger charge is 2.26. The molecule has 0 spiro atoms. The van der Waals surface area contributed by atoms with E-state index in [1.165, 1.54) is 6.26 Å². The molecule has 12 nitrogen and oxygen atoms in total. The summed E-state index contributed by atoms with van der Waals surface area (Å²) in [4.78, 5) is 44.8. The fourth-order valence-electron chi connectivity index (χ4n) is 12.9. The molecule has 0 amide bonds. The third kappa shape index (κ3) is 13.0. The van der Waals surface area contributed by atoms with Gasteiger partial charge in [0, 0.05) is 121 Å². The van der Waals surface area contributed by atoms with Gasteiger partial charge in [-0.15, -0.1) is 22.7 Å². The van der Waals surface area contributed by atoms with Crippen LogP contribution in [0.4, 0.5) is 5.69 Å². The average Bonchev–Trinajstić information content (AvgIpc) is 1.04. The molecule has 8 bridgehead atoms. The summed E-state index contributed by atoms with van der Waals surface area (Å²) in [5.74, 6) is 0.346. The second-order valence-corrected chi connectivity index (χ2v) is 25.6. The maximum Gasteiger partial charge on any atom is 0.349 e. The van der Waals surface area contributed by atoms with E-state index in [-0.39, 0.29) is 13.3 Å². The summed E-state index contributed by atoms with van der Waals surface area (Å²) in [6.45, 7) is 14.5. The van der Waals surface area contributed by atoms with Gasteiger partial charge < -0.3 is 28.4 Å². The van der Waals surface area contributed by atoms with Gasteiger partial charge in [-0.25, -0.2) is 24.1 Å². The van der Waals surface area contributed by atoms with Crippen molar-refractivity contribution < 1.29 is 28.2 Å². The minimum absolute atomic E-state index is 0.132. The molecule has 0 radical (unpaired) electrons. The SMILES string of the molecule is CCN(CC)c1ccc2c(-c3ccccc3C(=O)OCN3CCN(/C=C/OC(=O)COc4ccc(-c5c6nc(c(-c7ccccc7)c7ccc(s7)c(-c7ccccc7)c7nc(c(-c8ccccc8)c8ccc5s8)C=C7)C=C6)cc4)CC3)c3ccc(=[N+](CC)CC)cc-3oc2c1. The third-order valence-corrected chi connectivity index (χ3v) is 20.0. The number of carbonyl (C=O) groups is 2. The first-order valence-corrected chi connectivity index (χ1v) is 34.2. The Morgan fingerprint density at radius 1 is 0.547 bits per heavy atom. The number of piperazine rings is 1. The summed E-state index contributed by atoms with van der Waals surface area (Å²) < 4.78 is 31.1. The molecule has 0 unspecified atom stereocenters. The van der Waals surface area contributed by atoms with Gasteiger partial charge in [0.2, 0.25) is 5.36 Å². The Labute approximate surface area is 560 Å². The van der Waals surface area contributed by atoms with Gasteiger partial charge >= 0.3 is 11.9 Å². The van der Waals surface area contributed by atoms with Crippen LogP contribution in [-0.4, -0.2) is 97.4 Å². The maximum atomic E-state index is 14.2. The van der Waals surface area contributed by atoms with Gasteiger partial charge in [-0.05, 0) is 140 Å². The quantitative estimate of drug-likeness (QED) is 0.0354. The Hall–Kier alpha value is -10.5. The largest absolute Gasteiger partial charge is 0.482 e. The highest BCUT2D eigenvalue weighted by atomic mass is 32.1. The van der Waals surface area contributed by atoms with Crippen LogP contribution < -0.4 is 19.6 Å². The minimum atomic E-state index is -0.531. The molecule has 1 saturated heterocycles. The molecule has 1 fully saturated rings. The number of fused-ring (bicyclic) bond motifs is 10. The zero-order valence-corrected chi connectivity index (χ0v) is 55.2. The molecule has 0 saturated carbocycles. The topological polar surface area (TPSA) is 113 Å². The average molecular weight is 1290 g/mol. The molecule has 6 aromatic carbocycles. The number of aromatic nitrogens is 2. The van der Waals surface area contributed by atoms with E-state index < -0.39 is 11.9 Å². The van der Waals surface area contributed by atoms with Gasteiger partial charge in [0.05, 0.1) is 34.4 Å². The Balaban J connectivity index is 0.662. The summed E-state index contributed by atoms with van der Waals surface area (Å²) in [5.41, 5.74) is 16.8. The van der Waals surface area contributed by atoms with Gasteiger partial charge in [-0.3, -0.25) is 4.90 Å². The molecular weight excluding hydrogens is 1220 g/mol. The predicted octanol–water partition coefficient (Wildman–Crippen LogP) is 17.8. The molecule has 0 N–H and O–H groups in total. The first kappa shape index (κ1) is 62.0. The lowest BCUT2D eigenvalue weighted by molar-refractivity contribution is -0.140. The molecule has 14 heteroatoms. The van der Waals surface area contributed by atoms with E-state index in [2.05, 4.69) is 211 Å². The summed E-state index contributed by atoms with van der Waals surface area (Å²) in [7, 11) is 0. The first-order valence-electron chi connectivity index (χ1n) is 32.5. The van der Waals surface area contributed by atoms with Crippen LogP contribution in [0.5, 0.6) is 5.75 Å². The monoisotopic (exact) mass is 1290 g/mol. The number of ether oxygens (including phenoxy) is 3. The Bertz CT molecular complexity index is 4940. The lowest BCUT2D eigenvalue weighted by Crippen LogP contribution is -2.45. The number of carbonyl (C=O) groups excluding carboxylic acids is 2. The van der Waals surface area contributed by atoms with Crippen molar-refractivity contribution >= 4 is 94.4 Å². The van der Waals surface area contributed by atoms with Crippen LogP contribution in [0.1, 0.15) is 60.8 Å². The number of hydrogen-bond donors (Lipinski definition) is 0. The van der Waals surface area contributed by atoms with Crippen LogP contribution in [0.25, 0.3) is 121 Å². The third-order valence-electron chi connectivity index (χ3n) is 17.8. The molecule has 472 valence electrons. The fourth-order valence-corrected chi connectivity index (χ4v) is 15.3. The van der Waals surface area contributed by atoms with Crippen LogP contribution in [0.15, 0.2) is 217 Å². The first-order chi connectivity index (χ1) is 46.7. The molecule has 0 atom stereocenters. The second kappa shape index (κ2) is 28.0. The van der Waals surface area contributed by atoms with E-state index in [1.54, 1.807) is 28.9 Å².